The second kappa shape index (κ2) is 28.9. The van der Waals surface area contributed by atoms with Crippen LogP contribution in [0.3, 0.4) is 0 Å². The van der Waals surface area contributed by atoms with E-state index in [-0.39, 0.29) is 18.0 Å². The van der Waals surface area contributed by atoms with Crippen LogP contribution < -0.4 is 0 Å². The van der Waals surface area contributed by atoms with Gasteiger partial charge in [-0.1, -0.05) is 181 Å². The summed E-state index contributed by atoms with van der Waals surface area (Å²) in [7, 11) is 0. The minimum Gasteiger partial charge on any atom is -0.356 e. The first-order valence-electron chi connectivity index (χ1n) is 20.6. The molecule has 0 saturated carbocycles. The summed E-state index contributed by atoms with van der Waals surface area (Å²) in [5.41, 5.74) is 3.34. The van der Waals surface area contributed by atoms with E-state index in [1.807, 2.05) is 24.3 Å². The van der Waals surface area contributed by atoms with E-state index < -0.39 is 0 Å². The molecule has 2 rings (SSSR count). The Morgan fingerprint density at radius 2 is 0.638 bits per heavy atom. The first-order chi connectivity index (χ1) is 23.1. The molecule has 0 aliphatic rings. The number of carbonyl (C=O) groups excluding carboxylic acids is 2. The van der Waals surface area contributed by atoms with E-state index in [2.05, 4.69) is 23.8 Å². The van der Waals surface area contributed by atoms with Gasteiger partial charge in [0, 0.05) is 11.4 Å². The number of hydrogen-bond donors (Lipinski definition) is 2. The van der Waals surface area contributed by atoms with Gasteiger partial charge in [-0.3, -0.25) is 9.59 Å². The fourth-order valence-corrected chi connectivity index (χ4v) is 6.85. The largest absolute Gasteiger partial charge is 0.356 e. The molecule has 2 aromatic rings. The topological polar surface area (TPSA) is 65.7 Å². The van der Waals surface area contributed by atoms with Gasteiger partial charge in [0.05, 0.1) is 17.8 Å². The minimum atomic E-state index is -0.120. The molecule has 47 heavy (non-hydrogen) atoms. The highest BCUT2D eigenvalue weighted by molar-refractivity contribution is 6.12. The van der Waals surface area contributed by atoms with E-state index in [1.165, 1.54) is 167 Å². The van der Waals surface area contributed by atoms with E-state index in [1.54, 1.807) is 0 Å². The normalized spacial score (nSPS) is 11.4. The molecule has 0 fully saturated rings. The van der Waals surface area contributed by atoms with Crippen molar-refractivity contribution >= 4 is 11.6 Å². The predicted octanol–water partition coefficient (Wildman–Crippen LogP) is 13.8. The van der Waals surface area contributed by atoms with Gasteiger partial charge in [-0.15, -0.1) is 0 Å². The summed E-state index contributed by atoms with van der Waals surface area (Å²) in [5.74, 6) is -0.240. The summed E-state index contributed by atoms with van der Waals surface area (Å²) in [6, 6.07) is 7.74. The van der Waals surface area contributed by atoms with Crippen LogP contribution in [0.15, 0.2) is 24.3 Å². The molecule has 2 N–H and O–H groups in total. The lowest BCUT2D eigenvalue weighted by molar-refractivity contribution is 0.0889. The van der Waals surface area contributed by atoms with Crippen LogP contribution in [-0.2, 0) is 12.8 Å². The molecule has 2 heterocycles. The highest BCUT2D eigenvalue weighted by Crippen LogP contribution is 2.17. The molecule has 0 aliphatic heterocycles. The average Bonchev–Trinajstić information content (AvgIpc) is 3.75. The van der Waals surface area contributed by atoms with Crippen LogP contribution in [0.1, 0.15) is 232 Å². The van der Waals surface area contributed by atoms with Crippen molar-refractivity contribution in [1.82, 2.24) is 9.97 Å². The number of carbonyl (C=O) groups is 2. The van der Waals surface area contributed by atoms with Gasteiger partial charge in [0.2, 0.25) is 0 Å². The molecule has 0 saturated heterocycles. The molecular weight excluding hydrogens is 576 g/mol. The van der Waals surface area contributed by atoms with E-state index in [9.17, 15) is 9.59 Å². The van der Waals surface area contributed by atoms with Crippen molar-refractivity contribution in [2.45, 2.75) is 213 Å². The van der Waals surface area contributed by atoms with Crippen molar-refractivity contribution in [3.63, 3.8) is 0 Å². The lowest BCUT2D eigenvalue weighted by atomic mass is 10.0. The summed E-state index contributed by atoms with van der Waals surface area (Å²) in [4.78, 5) is 32.2. The summed E-state index contributed by atoms with van der Waals surface area (Å²) < 4.78 is 0. The zero-order valence-electron chi connectivity index (χ0n) is 31.0. The third-order valence-electron chi connectivity index (χ3n) is 10.0. The van der Waals surface area contributed by atoms with E-state index in [0.717, 1.165) is 37.1 Å². The zero-order valence-corrected chi connectivity index (χ0v) is 31.0. The van der Waals surface area contributed by atoms with Gasteiger partial charge in [0.1, 0.15) is 0 Å². The highest BCUT2D eigenvalue weighted by Gasteiger charge is 2.16. The van der Waals surface area contributed by atoms with Crippen LogP contribution in [0, 0.1) is 0 Å². The molecule has 0 amide bonds. The van der Waals surface area contributed by atoms with Gasteiger partial charge in [-0.25, -0.2) is 0 Å². The van der Waals surface area contributed by atoms with Crippen LogP contribution in [0.2, 0.25) is 0 Å². The lowest BCUT2D eigenvalue weighted by Crippen LogP contribution is -2.09. The monoisotopic (exact) mass is 651 g/mol. The zero-order chi connectivity index (χ0) is 33.6. The Kier molecular flexibility index (Phi) is 25.2. The maximum atomic E-state index is 12.8. The Balaban J connectivity index is 1.46. The van der Waals surface area contributed by atoms with Gasteiger partial charge in [0.15, 0.2) is 11.6 Å². The number of rotatable bonds is 34. The smallest absolute Gasteiger partial charge is 0.186 e. The first kappa shape index (κ1) is 41.1. The maximum absolute atomic E-state index is 12.8. The van der Waals surface area contributed by atoms with Crippen LogP contribution in [-0.4, -0.2) is 21.5 Å². The van der Waals surface area contributed by atoms with Crippen molar-refractivity contribution in [3.8, 4) is 0 Å². The van der Waals surface area contributed by atoms with Crippen molar-refractivity contribution < 1.29 is 9.59 Å². The number of Topliss-reactive ketones (excluding diaryl/α,β-unsaturated/α-hetero) is 2. The number of aromatic nitrogens is 2. The Morgan fingerprint density at radius 1 is 0.383 bits per heavy atom. The number of aryl methyl sites for hydroxylation is 2. The third kappa shape index (κ3) is 21.5. The third-order valence-corrected chi connectivity index (χ3v) is 10.0. The SMILES string of the molecule is CCCCCCCCCCCCCCCCc1ccc(C(=O)CC(=O)c2ccc(CCCCCCCCCCCCCCCC)[nH]2)[nH]1. The molecule has 0 atom stereocenters. The van der Waals surface area contributed by atoms with Crippen molar-refractivity contribution in [2.24, 2.45) is 0 Å². The van der Waals surface area contributed by atoms with E-state index >= 15 is 0 Å². The number of hydrogen-bond acceptors (Lipinski definition) is 2. The van der Waals surface area contributed by atoms with Crippen LogP contribution in [0.4, 0.5) is 0 Å². The van der Waals surface area contributed by atoms with Crippen molar-refractivity contribution in [2.75, 3.05) is 0 Å². The highest BCUT2D eigenvalue weighted by atomic mass is 16.1. The van der Waals surface area contributed by atoms with Crippen LogP contribution in [0.5, 0.6) is 0 Å². The quantitative estimate of drug-likeness (QED) is 0.0449. The molecule has 0 radical (unpaired) electrons. The van der Waals surface area contributed by atoms with Gasteiger partial charge in [-0.2, -0.15) is 0 Å². The van der Waals surface area contributed by atoms with Gasteiger partial charge < -0.3 is 9.97 Å². The van der Waals surface area contributed by atoms with Crippen molar-refractivity contribution in [3.05, 3.63) is 47.0 Å². The molecule has 4 nitrogen and oxygen atoms in total. The Hall–Kier alpha value is -2.10. The molecular formula is C43H74N2O2. The molecule has 4 heteroatoms. The average molecular weight is 651 g/mol. The fourth-order valence-electron chi connectivity index (χ4n) is 6.85. The second-order valence-electron chi connectivity index (χ2n) is 14.5. The van der Waals surface area contributed by atoms with Gasteiger partial charge in [0.25, 0.3) is 0 Å². The van der Waals surface area contributed by atoms with Gasteiger partial charge in [-0.05, 0) is 49.9 Å². The number of nitrogens with one attached hydrogen (secondary N) is 2. The molecule has 0 aliphatic carbocycles. The van der Waals surface area contributed by atoms with Crippen LogP contribution >= 0.6 is 0 Å². The molecule has 0 bridgehead atoms. The Morgan fingerprint density at radius 3 is 0.915 bits per heavy atom. The van der Waals surface area contributed by atoms with E-state index in [4.69, 9.17) is 0 Å². The fraction of sp³-hybridized carbons (Fsp3) is 0.767. The Bertz CT molecular complexity index is 938. The van der Waals surface area contributed by atoms with E-state index in [0.29, 0.717) is 11.4 Å². The molecule has 0 spiro atoms. The molecule has 2 aromatic heterocycles. The number of aromatic amines is 2. The van der Waals surface area contributed by atoms with Crippen molar-refractivity contribution in [1.29, 1.82) is 0 Å². The number of unbranched alkanes of at least 4 members (excludes halogenated alkanes) is 26. The molecule has 0 unspecified atom stereocenters. The minimum absolute atomic E-state index is 0.0857. The summed E-state index contributed by atoms with van der Waals surface area (Å²) >= 11 is 0. The predicted molar refractivity (Wildman–Crippen MR) is 203 cm³/mol. The number of H-pyrrole nitrogens is 2. The summed E-state index contributed by atoms with van der Waals surface area (Å²) in [6.45, 7) is 4.56. The number of ketones is 2. The molecule has 0 aromatic carbocycles. The lowest BCUT2D eigenvalue weighted by Gasteiger charge is -2.03. The first-order valence-corrected chi connectivity index (χ1v) is 20.6. The summed E-state index contributed by atoms with van der Waals surface area (Å²) in [5, 5.41) is 0. The second-order valence-corrected chi connectivity index (χ2v) is 14.5. The summed E-state index contributed by atoms with van der Waals surface area (Å²) in [6.07, 6.45) is 39.9. The van der Waals surface area contributed by atoms with Crippen LogP contribution in [0.25, 0.3) is 0 Å². The maximum Gasteiger partial charge on any atom is 0.186 e. The molecule has 268 valence electrons. The Labute approximate surface area is 290 Å². The van der Waals surface area contributed by atoms with Gasteiger partial charge >= 0.3 is 0 Å². The standard InChI is InChI=1S/C43H74N2O2/c1-3-5-7-9-11-13-15-17-19-21-23-25-27-29-31-38-33-35-40(44-38)42(46)37-43(47)41-36-34-39(45-41)32-30-28-26-24-22-20-18-16-14-12-10-8-6-4-2/h33-36,44-45H,3-32,37H2,1-2H3.